The summed E-state index contributed by atoms with van der Waals surface area (Å²) in [5.74, 6) is 0. The molecule has 0 unspecified atom stereocenters. The van der Waals surface area contributed by atoms with Crippen LogP contribution in [0.2, 0.25) is 0 Å². The average molecular weight is 236 g/mol. The Bertz CT molecular complexity index is 455. The zero-order valence-electron chi connectivity index (χ0n) is 8.94. The van der Waals surface area contributed by atoms with Gasteiger partial charge in [-0.15, -0.1) is 11.6 Å². The number of rotatable bonds is 3. The Labute approximate surface area is 99.4 Å². The summed E-state index contributed by atoms with van der Waals surface area (Å²) in [5.41, 5.74) is 2.09. The lowest BCUT2D eigenvalue weighted by Gasteiger charge is -2.31. The molecule has 16 heavy (non-hydrogen) atoms. The summed E-state index contributed by atoms with van der Waals surface area (Å²) in [6, 6.07) is 6.61. The molecule has 1 aliphatic carbocycles. The molecular formula is C12H14ClN3. The number of aromatic nitrogens is 2. The lowest BCUT2D eigenvalue weighted by Crippen LogP contribution is -2.41. The van der Waals surface area contributed by atoms with Crippen molar-refractivity contribution in [2.24, 2.45) is 0 Å². The number of imidazole rings is 1. The average Bonchev–Trinajstić information content (AvgIpc) is 2.65. The Hall–Kier alpha value is -1.06. The first-order valence-corrected chi connectivity index (χ1v) is 6.05. The molecule has 2 aromatic rings. The van der Waals surface area contributed by atoms with Crippen molar-refractivity contribution in [2.75, 3.05) is 0 Å². The minimum atomic E-state index is 0.374. The monoisotopic (exact) mass is 235 g/mol. The summed E-state index contributed by atoms with van der Waals surface area (Å²) in [6.45, 7) is 0.829. The lowest BCUT2D eigenvalue weighted by molar-refractivity contribution is 0.344. The number of nitrogens with zero attached hydrogens (tertiary/aromatic N) is 2. The van der Waals surface area contributed by atoms with Crippen LogP contribution in [0.5, 0.6) is 0 Å². The fraction of sp³-hybridized carbons (Fsp3) is 0.417. The number of hydrogen-bond acceptors (Lipinski definition) is 2. The van der Waals surface area contributed by atoms with Gasteiger partial charge in [0.25, 0.3) is 0 Å². The Morgan fingerprint density at radius 1 is 1.44 bits per heavy atom. The van der Waals surface area contributed by atoms with Crippen molar-refractivity contribution in [1.82, 2.24) is 14.7 Å². The van der Waals surface area contributed by atoms with E-state index in [9.17, 15) is 0 Å². The van der Waals surface area contributed by atoms with Gasteiger partial charge in [-0.2, -0.15) is 0 Å². The molecule has 1 fully saturated rings. The first kappa shape index (κ1) is 10.1. The Kier molecular flexibility index (Phi) is 2.58. The van der Waals surface area contributed by atoms with Crippen LogP contribution in [0.4, 0.5) is 0 Å². The molecule has 0 aromatic carbocycles. The molecular weight excluding hydrogens is 222 g/mol. The van der Waals surface area contributed by atoms with E-state index in [4.69, 9.17) is 11.6 Å². The molecule has 0 atom stereocenters. The summed E-state index contributed by atoms with van der Waals surface area (Å²) >= 11 is 5.93. The van der Waals surface area contributed by atoms with Gasteiger partial charge in [0.1, 0.15) is 5.65 Å². The second-order valence-corrected chi connectivity index (χ2v) is 4.96. The van der Waals surface area contributed by atoms with Crippen molar-refractivity contribution >= 4 is 17.2 Å². The van der Waals surface area contributed by atoms with E-state index in [-0.39, 0.29) is 0 Å². The van der Waals surface area contributed by atoms with Crippen LogP contribution in [0, 0.1) is 0 Å². The van der Waals surface area contributed by atoms with Crippen molar-refractivity contribution in [1.29, 1.82) is 0 Å². The van der Waals surface area contributed by atoms with Gasteiger partial charge in [0.2, 0.25) is 0 Å². The van der Waals surface area contributed by atoms with Gasteiger partial charge >= 0.3 is 0 Å². The minimum Gasteiger partial charge on any atom is -0.308 e. The summed E-state index contributed by atoms with van der Waals surface area (Å²) in [7, 11) is 0. The van der Waals surface area contributed by atoms with Crippen LogP contribution in [0.1, 0.15) is 18.5 Å². The largest absolute Gasteiger partial charge is 0.308 e. The molecule has 0 saturated heterocycles. The third kappa shape index (κ3) is 1.93. The van der Waals surface area contributed by atoms with Crippen molar-refractivity contribution in [3.8, 4) is 0 Å². The SMILES string of the molecule is ClC1CC(NCc2cn3ccccc3n2)C1. The molecule has 0 radical (unpaired) electrons. The van der Waals surface area contributed by atoms with E-state index in [1.54, 1.807) is 0 Å². The lowest BCUT2D eigenvalue weighted by atomic mass is 9.92. The van der Waals surface area contributed by atoms with Crippen LogP contribution < -0.4 is 5.32 Å². The quantitative estimate of drug-likeness (QED) is 0.827. The summed E-state index contributed by atoms with van der Waals surface area (Å²) in [5, 5.41) is 3.84. The molecule has 3 rings (SSSR count). The maximum atomic E-state index is 5.93. The molecule has 0 aliphatic heterocycles. The minimum absolute atomic E-state index is 0.374. The zero-order chi connectivity index (χ0) is 11.0. The van der Waals surface area contributed by atoms with Gasteiger partial charge in [0, 0.05) is 30.4 Å². The number of hydrogen-bond donors (Lipinski definition) is 1. The van der Waals surface area contributed by atoms with Crippen LogP contribution >= 0.6 is 11.6 Å². The summed E-state index contributed by atoms with van der Waals surface area (Å²) < 4.78 is 2.04. The van der Waals surface area contributed by atoms with Crippen LogP contribution in [0.15, 0.2) is 30.6 Å². The van der Waals surface area contributed by atoms with E-state index in [0.29, 0.717) is 11.4 Å². The van der Waals surface area contributed by atoms with Crippen molar-refractivity contribution in [2.45, 2.75) is 30.8 Å². The standard InChI is InChI=1S/C12H14ClN3/c13-9-5-10(6-9)14-7-11-8-16-4-2-1-3-12(16)15-11/h1-4,8-10,14H,5-7H2. The van der Waals surface area contributed by atoms with Gasteiger partial charge < -0.3 is 9.72 Å². The maximum absolute atomic E-state index is 5.93. The third-order valence-electron chi connectivity index (χ3n) is 3.07. The highest BCUT2D eigenvalue weighted by molar-refractivity contribution is 6.21. The molecule has 1 saturated carbocycles. The molecule has 1 N–H and O–H groups in total. The number of halogens is 1. The second kappa shape index (κ2) is 4.07. The highest BCUT2D eigenvalue weighted by Gasteiger charge is 2.26. The first-order valence-electron chi connectivity index (χ1n) is 5.61. The van der Waals surface area contributed by atoms with Crippen LogP contribution in [0.25, 0.3) is 5.65 Å². The van der Waals surface area contributed by atoms with E-state index in [0.717, 1.165) is 30.7 Å². The van der Waals surface area contributed by atoms with E-state index in [2.05, 4.69) is 16.5 Å². The molecule has 0 bridgehead atoms. The van der Waals surface area contributed by atoms with E-state index < -0.39 is 0 Å². The predicted octanol–water partition coefficient (Wildman–Crippen LogP) is 2.19. The topological polar surface area (TPSA) is 29.3 Å². The second-order valence-electron chi connectivity index (χ2n) is 4.34. The summed E-state index contributed by atoms with van der Waals surface area (Å²) in [4.78, 5) is 4.53. The van der Waals surface area contributed by atoms with Gasteiger partial charge in [-0.05, 0) is 25.0 Å². The molecule has 2 aromatic heterocycles. The number of pyridine rings is 1. The fourth-order valence-electron chi connectivity index (χ4n) is 2.04. The number of alkyl halides is 1. The Balaban J connectivity index is 1.65. The first-order chi connectivity index (χ1) is 7.81. The van der Waals surface area contributed by atoms with E-state index in [1.165, 1.54) is 0 Å². The van der Waals surface area contributed by atoms with Gasteiger partial charge in [-0.1, -0.05) is 6.07 Å². The van der Waals surface area contributed by atoms with Crippen molar-refractivity contribution in [3.63, 3.8) is 0 Å². The molecule has 3 nitrogen and oxygen atoms in total. The van der Waals surface area contributed by atoms with Crippen LogP contribution in [-0.4, -0.2) is 20.8 Å². The predicted molar refractivity (Wildman–Crippen MR) is 64.7 cm³/mol. The molecule has 1 aliphatic rings. The normalized spacial score (nSPS) is 24.6. The molecule has 0 amide bonds. The maximum Gasteiger partial charge on any atom is 0.137 e. The smallest absolute Gasteiger partial charge is 0.137 e. The molecule has 2 heterocycles. The Morgan fingerprint density at radius 3 is 3.06 bits per heavy atom. The van der Waals surface area contributed by atoms with Crippen LogP contribution in [-0.2, 0) is 6.54 Å². The van der Waals surface area contributed by atoms with Gasteiger partial charge in [0.05, 0.1) is 5.69 Å². The zero-order valence-corrected chi connectivity index (χ0v) is 9.69. The molecule has 84 valence electrons. The molecule has 0 spiro atoms. The van der Waals surface area contributed by atoms with Gasteiger partial charge in [-0.25, -0.2) is 4.98 Å². The number of nitrogens with one attached hydrogen (secondary N) is 1. The fourth-order valence-corrected chi connectivity index (χ4v) is 2.47. The summed E-state index contributed by atoms with van der Waals surface area (Å²) in [6.07, 6.45) is 6.24. The van der Waals surface area contributed by atoms with Crippen molar-refractivity contribution < 1.29 is 0 Å². The van der Waals surface area contributed by atoms with Crippen LogP contribution in [0.3, 0.4) is 0 Å². The third-order valence-corrected chi connectivity index (χ3v) is 3.42. The van der Waals surface area contributed by atoms with Gasteiger partial charge in [-0.3, -0.25) is 0 Å². The molecule has 4 heteroatoms. The Morgan fingerprint density at radius 2 is 2.31 bits per heavy atom. The van der Waals surface area contributed by atoms with E-state index >= 15 is 0 Å². The van der Waals surface area contributed by atoms with E-state index in [1.807, 2.05) is 28.8 Å². The van der Waals surface area contributed by atoms with Gasteiger partial charge in [0.15, 0.2) is 0 Å². The highest BCUT2D eigenvalue weighted by atomic mass is 35.5. The number of fused-ring (bicyclic) bond motifs is 1. The highest BCUT2D eigenvalue weighted by Crippen LogP contribution is 2.25. The van der Waals surface area contributed by atoms with Crippen molar-refractivity contribution in [3.05, 3.63) is 36.3 Å².